The summed E-state index contributed by atoms with van der Waals surface area (Å²) in [4.78, 5) is 0. The van der Waals surface area contributed by atoms with E-state index in [0.29, 0.717) is 23.0 Å². The molecular weight excluding hydrogens is 470 g/mol. The average Bonchev–Trinajstić information content (AvgIpc) is 2.80. The molecule has 4 aromatic carbocycles. The first-order chi connectivity index (χ1) is 16.3. The summed E-state index contributed by atoms with van der Waals surface area (Å²) in [5.41, 5.74) is 1.85. The highest BCUT2D eigenvalue weighted by molar-refractivity contribution is 7.54. The molecule has 0 radical (unpaired) electrons. The Balaban J connectivity index is 1.38. The van der Waals surface area contributed by atoms with E-state index in [2.05, 4.69) is 0 Å². The predicted octanol–water partition coefficient (Wildman–Crippen LogP) is 7.92. The summed E-state index contributed by atoms with van der Waals surface area (Å²) >= 11 is 0. The first-order valence-electron chi connectivity index (χ1n) is 10.5. The molecule has 0 saturated carbocycles. The zero-order chi connectivity index (χ0) is 24.0. The second kappa shape index (κ2) is 10.2. The number of benzene rings is 4. The fourth-order valence-electron chi connectivity index (χ4n) is 3.18. The molecule has 0 aromatic heterocycles. The topological polar surface area (TPSA) is 71.1 Å². The third-order valence-corrected chi connectivity index (χ3v) is 6.78. The van der Waals surface area contributed by atoms with Gasteiger partial charge in [-0.25, -0.2) is 9.13 Å². The SMILES string of the molecule is CP(=O)(Oc1ccccc1)Oc1ccc(-c2ccc(OP(C)(=O)Oc3ccccc3)cc2)cc1. The van der Waals surface area contributed by atoms with Crippen molar-refractivity contribution in [2.24, 2.45) is 0 Å². The maximum absolute atomic E-state index is 12.7. The molecule has 6 nitrogen and oxygen atoms in total. The van der Waals surface area contributed by atoms with Gasteiger partial charge in [0.1, 0.15) is 23.0 Å². The van der Waals surface area contributed by atoms with Crippen molar-refractivity contribution in [3.63, 3.8) is 0 Å². The molecule has 8 heteroatoms. The van der Waals surface area contributed by atoms with Crippen LogP contribution in [0.1, 0.15) is 0 Å². The summed E-state index contributed by atoms with van der Waals surface area (Å²) in [6, 6.07) is 32.2. The third-order valence-electron chi connectivity index (χ3n) is 4.61. The lowest BCUT2D eigenvalue weighted by atomic mass is 10.1. The van der Waals surface area contributed by atoms with E-state index >= 15 is 0 Å². The Bertz CT molecular complexity index is 1200. The number of rotatable bonds is 9. The molecule has 0 N–H and O–H groups in total. The van der Waals surface area contributed by atoms with E-state index in [9.17, 15) is 9.13 Å². The molecule has 4 rings (SSSR count). The van der Waals surface area contributed by atoms with Crippen LogP contribution in [-0.4, -0.2) is 13.3 Å². The fourth-order valence-corrected chi connectivity index (χ4v) is 5.28. The Labute approximate surface area is 199 Å². The van der Waals surface area contributed by atoms with Gasteiger partial charge in [0.25, 0.3) is 0 Å². The highest BCUT2D eigenvalue weighted by atomic mass is 31.2. The van der Waals surface area contributed by atoms with Crippen molar-refractivity contribution < 1.29 is 27.2 Å². The monoisotopic (exact) mass is 494 g/mol. The summed E-state index contributed by atoms with van der Waals surface area (Å²) in [5, 5.41) is 0. The molecule has 174 valence electrons. The predicted molar refractivity (Wildman–Crippen MR) is 134 cm³/mol. The smallest absolute Gasteiger partial charge is 0.416 e. The zero-order valence-corrected chi connectivity index (χ0v) is 20.5. The highest BCUT2D eigenvalue weighted by Crippen LogP contribution is 2.46. The van der Waals surface area contributed by atoms with Crippen molar-refractivity contribution in [1.82, 2.24) is 0 Å². The van der Waals surface area contributed by atoms with E-state index < -0.39 is 15.2 Å². The van der Waals surface area contributed by atoms with Gasteiger partial charge in [-0.2, -0.15) is 0 Å². The van der Waals surface area contributed by atoms with E-state index in [-0.39, 0.29) is 0 Å². The van der Waals surface area contributed by atoms with Crippen LogP contribution in [-0.2, 0) is 9.13 Å². The van der Waals surface area contributed by atoms with Gasteiger partial charge in [-0.05, 0) is 59.7 Å². The van der Waals surface area contributed by atoms with E-state index in [4.69, 9.17) is 18.1 Å². The van der Waals surface area contributed by atoms with E-state index in [1.807, 2.05) is 36.4 Å². The van der Waals surface area contributed by atoms with Crippen molar-refractivity contribution >= 4 is 15.2 Å². The Morgan fingerprint density at radius 3 is 0.971 bits per heavy atom. The Morgan fingerprint density at radius 1 is 0.412 bits per heavy atom. The second-order valence-electron chi connectivity index (χ2n) is 7.58. The van der Waals surface area contributed by atoms with Gasteiger partial charge >= 0.3 is 15.2 Å². The lowest BCUT2D eigenvalue weighted by Gasteiger charge is -2.17. The standard InChI is InChI=1S/C26H24O6P2/c1-33(27,29-23-9-5-3-6-10-23)31-25-17-13-21(14-18-25)22-15-19-26(20-16-22)32-34(2,28)30-24-11-7-4-8-12-24/h3-20H,1-2H3. The van der Waals surface area contributed by atoms with E-state index in [1.54, 1.807) is 72.8 Å². The average molecular weight is 494 g/mol. The van der Waals surface area contributed by atoms with Crippen LogP contribution in [0.2, 0.25) is 0 Å². The molecule has 0 amide bonds. The normalized spacial score (nSPS) is 14.3. The maximum Gasteiger partial charge on any atom is 0.427 e. The van der Waals surface area contributed by atoms with Crippen LogP contribution in [0.5, 0.6) is 23.0 Å². The molecule has 0 aliphatic carbocycles. The summed E-state index contributed by atoms with van der Waals surface area (Å²) in [6.07, 6.45) is 0. The Hall–Kier alpha value is -3.46. The molecule has 0 fully saturated rings. The molecule has 34 heavy (non-hydrogen) atoms. The third kappa shape index (κ3) is 6.77. The number of hydrogen-bond donors (Lipinski definition) is 0. The summed E-state index contributed by atoms with van der Waals surface area (Å²) in [7, 11) is -6.66. The van der Waals surface area contributed by atoms with Gasteiger partial charge in [-0.1, -0.05) is 60.7 Å². The minimum Gasteiger partial charge on any atom is -0.416 e. The first-order valence-corrected chi connectivity index (χ1v) is 14.5. The van der Waals surface area contributed by atoms with Crippen molar-refractivity contribution in [3.8, 4) is 34.1 Å². The Kier molecular flexibility index (Phi) is 7.12. The summed E-state index contributed by atoms with van der Waals surface area (Å²) in [5.74, 6) is 1.85. The molecule has 0 aliphatic rings. The molecular formula is C26H24O6P2. The van der Waals surface area contributed by atoms with Crippen molar-refractivity contribution in [2.75, 3.05) is 13.3 Å². The van der Waals surface area contributed by atoms with Gasteiger partial charge in [-0.3, -0.25) is 0 Å². The van der Waals surface area contributed by atoms with Gasteiger partial charge in [0.2, 0.25) is 0 Å². The number of hydrogen-bond acceptors (Lipinski definition) is 6. The van der Waals surface area contributed by atoms with Gasteiger partial charge < -0.3 is 18.1 Å². The van der Waals surface area contributed by atoms with Crippen LogP contribution >= 0.6 is 15.2 Å². The van der Waals surface area contributed by atoms with Crippen LogP contribution in [0.3, 0.4) is 0 Å². The molecule has 0 heterocycles. The minimum atomic E-state index is -3.33. The molecule has 0 aliphatic heterocycles. The lowest BCUT2D eigenvalue weighted by Crippen LogP contribution is -1.99. The van der Waals surface area contributed by atoms with Crippen molar-refractivity contribution in [1.29, 1.82) is 0 Å². The highest BCUT2D eigenvalue weighted by Gasteiger charge is 2.21. The van der Waals surface area contributed by atoms with Gasteiger partial charge in [0.15, 0.2) is 0 Å². The lowest BCUT2D eigenvalue weighted by molar-refractivity contribution is 0.392. The van der Waals surface area contributed by atoms with Gasteiger partial charge in [-0.15, -0.1) is 0 Å². The zero-order valence-electron chi connectivity index (χ0n) is 18.7. The van der Waals surface area contributed by atoms with Crippen LogP contribution in [0.4, 0.5) is 0 Å². The fraction of sp³-hybridized carbons (Fsp3) is 0.0769. The second-order valence-corrected chi connectivity index (χ2v) is 11.4. The summed E-state index contributed by atoms with van der Waals surface area (Å²) < 4.78 is 47.5. The largest absolute Gasteiger partial charge is 0.427 e. The van der Waals surface area contributed by atoms with Crippen LogP contribution < -0.4 is 18.1 Å². The summed E-state index contributed by atoms with van der Waals surface area (Å²) in [6.45, 7) is 2.86. The van der Waals surface area contributed by atoms with E-state index in [1.165, 1.54) is 13.3 Å². The maximum atomic E-state index is 12.7. The van der Waals surface area contributed by atoms with Crippen LogP contribution in [0.15, 0.2) is 109 Å². The Morgan fingerprint density at radius 2 is 0.676 bits per heavy atom. The van der Waals surface area contributed by atoms with Gasteiger partial charge in [0.05, 0.1) is 13.3 Å². The first kappa shape index (κ1) is 23.7. The van der Waals surface area contributed by atoms with Crippen molar-refractivity contribution in [3.05, 3.63) is 109 Å². The van der Waals surface area contributed by atoms with Crippen LogP contribution in [0, 0.1) is 0 Å². The molecule has 0 bridgehead atoms. The molecule has 0 saturated heterocycles. The quantitative estimate of drug-likeness (QED) is 0.220. The van der Waals surface area contributed by atoms with E-state index in [0.717, 1.165) is 11.1 Å². The molecule has 2 atom stereocenters. The molecule has 2 unspecified atom stereocenters. The minimum absolute atomic E-state index is 0.440. The van der Waals surface area contributed by atoms with Crippen LogP contribution in [0.25, 0.3) is 11.1 Å². The molecule has 0 spiro atoms. The van der Waals surface area contributed by atoms with Gasteiger partial charge in [0, 0.05) is 0 Å². The number of para-hydroxylation sites is 2. The molecule has 4 aromatic rings. The van der Waals surface area contributed by atoms with Crippen molar-refractivity contribution in [2.45, 2.75) is 0 Å².